The minimum Gasteiger partial charge on any atom is -0.291 e. The number of carbonyl (C=O) groups excluding carboxylic acids is 2. The standard InChI is InChI=1S/C11H10O2/c12-10-7-9(11(10)13)6-8-4-2-1-3-5-8/h1-5,9H,6-7H2. The molecule has 1 saturated carbocycles. The summed E-state index contributed by atoms with van der Waals surface area (Å²) in [6, 6.07) is 9.80. The lowest BCUT2D eigenvalue weighted by atomic mass is 9.78. The SMILES string of the molecule is O=C1CC(Cc2ccccc2)C1=O. The van der Waals surface area contributed by atoms with Crippen molar-refractivity contribution in [2.24, 2.45) is 5.92 Å². The van der Waals surface area contributed by atoms with Crippen molar-refractivity contribution in [2.45, 2.75) is 12.8 Å². The second-order valence-electron chi connectivity index (χ2n) is 3.38. The summed E-state index contributed by atoms with van der Waals surface area (Å²) >= 11 is 0. The number of benzene rings is 1. The number of Topliss-reactive ketones (excluding diaryl/α,β-unsaturated/α-hetero) is 2. The normalized spacial score (nSPS) is 21.4. The lowest BCUT2D eigenvalue weighted by Gasteiger charge is -2.21. The van der Waals surface area contributed by atoms with E-state index < -0.39 is 0 Å². The zero-order valence-corrected chi connectivity index (χ0v) is 7.19. The topological polar surface area (TPSA) is 34.1 Å². The van der Waals surface area contributed by atoms with Crippen molar-refractivity contribution in [3.8, 4) is 0 Å². The van der Waals surface area contributed by atoms with Gasteiger partial charge >= 0.3 is 0 Å². The fourth-order valence-electron chi connectivity index (χ4n) is 1.58. The molecule has 1 atom stereocenters. The lowest BCUT2D eigenvalue weighted by Crippen LogP contribution is -2.38. The lowest BCUT2D eigenvalue weighted by molar-refractivity contribution is -0.146. The molecule has 0 radical (unpaired) electrons. The van der Waals surface area contributed by atoms with E-state index >= 15 is 0 Å². The second-order valence-corrected chi connectivity index (χ2v) is 3.38. The van der Waals surface area contributed by atoms with Crippen LogP contribution in [-0.4, -0.2) is 11.6 Å². The van der Waals surface area contributed by atoms with Crippen molar-refractivity contribution in [3.63, 3.8) is 0 Å². The Hall–Kier alpha value is -1.44. The molecule has 0 N–H and O–H groups in total. The monoisotopic (exact) mass is 174 g/mol. The molecule has 66 valence electrons. The predicted octanol–water partition coefficient (Wildman–Crippen LogP) is 1.39. The number of hydrogen-bond donors (Lipinski definition) is 0. The van der Waals surface area contributed by atoms with Gasteiger partial charge in [0.05, 0.1) is 0 Å². The van der Waals surface area contributed by atoms with E-state index in [-0.39, 0.29) is 17.5 Å². The van der Waals surface area contributed by atoms with Crippen LogP contribution in [0.5, 0.6) is 0 Å². The highest BCUT2D eigenvalue weighted by molar-refractivity contribution is 6.44. The van der Waals surface area contributed by atoms with Gasteiger partial charge in [-0.1, -0.05) is 30.3 Å². The van der Waals surface area contributed by atoms with Gasteiger partial charge in [0, 0.05) is 12.3 Å². The van der Waals surface area contributed by atoms with Crippen LogP contribution in [0.15, 0.2) is 30.3 Å². The van der Waals surface area contributed by atoms with Crippen LogP contribution in [0, 0.1) is 5.92 Å². The van der Waals surface area contributed by atoms with Crippen LogP contribution in [0.25, 0.3) is 0 Å². The molecule has 0 aromatic heterocycles. The molecule has 2 nitrogen and oxygen atoms in total. The molecule has 2 rings (SSSR count). The van der Waals surface area contributed by atoms with Crippen molar-refractivity contribution >= 4 is 11.6 Å². The molecule has 0 bridgehead atoms. The number of rotatable bonds is 2. The van der Waals surface area contributed by atoms with Gasteiger partial charge in [-0.3, -0.25) is 9.59 Å². The van der Waals surface area contributed by atoms with Crippen LogP contribution < -0.4 is 0 Å². The average molecular weight is 174 g/mol. The Morgan fingerprint density at radius 1 is 1.15 bits per heavy atom. The minimum absolute atomic E-state index is 0.0464. The maximum atomic E-state index is 11.0. The van der Waals surface area contributed by atoms with Crippen LogP contribution >= 0.6 is 0 Å². The van der Waals surface area contributed by atoms with Gasteiger partial charge in [-0.2, -0.15) is 0 Å². The Kier molecular flexibility index (Phi) is 1.97. The Balaban J connectivity index is 2.01. The van der Waals surface area contributed by atoms with E-state index in [2.05, 4.69) is 0 Å². The van der Waals surface area contributed by atoms with Crippen LogP contribution in [0.4, 0.5) is 0 Å². The third-order valence-electron chi connectivity index (χ3n) is 2.40. The van der Waals surface area contributed by atoms with E-state index in [9.17, 15) is 9.59 Å². The summed E-state index contributed by atoms with van der Waals surface area (Å²) in [5.74, 6) is -0.445. The molecular formula is C11H10O2. The molecule has 1 aliphatic carbocycles. The highest BCUT2D eigenvalue weighted by atomic mass is 16.2. The number of hydrogen-bond acceptors (Lipinski definition) is 2. The molecule has 0 saturated heterocycles. The first-order valence-electron chi connectivity index (χ1n) is 4.38. The van der Waals surface area contributed by atoms with Gasteiger partial charge in [-0.15, -0.1) is 0 Å². The van der Waals surface area contributed by atoms with Gasteiger partial charge in [0.1, 0.15) is 0 Å². The summed E-state index contributed by atoms with van der Waals surface area (Å²) in [6.45, 7) is 0. The van der Waals surface area contributed by atoms with E-state index in [4.69, 9.17) is 0 Å². The van der Waals surface area contributed by atoms with E-state index in [1.54, 1.807) is 0 Å². The molecule has 1 fully saturated rings. The van der Waals surface area contributed by atoms with E-state index in [0.29, 0.717) is 12.8 Å². The molecule has 0 aliphatic heterocycles. The molecular weight excluding hydrogens is 164 g/mol. The smallest absolute Gasteiger partial charge is 0.202 e. The Bertz CT molecular complexity index is 340. The summed E-state index contributed by atoms with van der Waals surface area (Å²) in [4.78, 5) is 21.7. The van der Waals surface area contributed by atoms with Gasteiger partial charge in [-0.25, -0.2) is 0 Å². The van der Waals surface area contributed by atoms with E-state index in [1.165, 1.54) is 0 Å². The molecule has 1 aliphatic rings. The van der Waals surface area contributed by atoms with E-state index in [0.717, 1.165) is 5.56 Å². The largest absolute Gasteiger partial charge is 0.291 e. The molecule has 1 aromatic rings. The maximum Gasteiger partial charge on any atom is 0.202 e. The van der Waals surface area contributed by atoms with Crippen molar-refractivity contribution < 1.29 is 9.59 Å². The molecule has 13 heavy (non-hydrogen) atoms. The van der Waals surface area contributed by atoms with Crippen LogP contribution in [-0.2, 0) is 16.0 Å². The first-order valence-corrected chi connectivity index (χ1v) is 4.38. The van der Waals surface area contributed by atoms with Crippen molar-refractivity contribution in [3.05, 3.63) is 35.9 Å². The zero-order chi connectivity index (χ0) is 9.26. The van der Waals surface area contributed by atoms with Gasteiger partial charge in [0.25, 0.3) is 0 Å². The fourth-order valence-corrected chi connectivity index (χ4v) is 1.58. The zero-order valence-electron chi connectivity index (χ0n) is 7.19. The summed E-state index contributed by atoms with van der Waals surface area (Å²) in [5, 5.41) is 0. The highest BCUT2D eigenvalue weighted by Crippen LogP contribution is 2.23. The predicted molar refractivity (Wildman–Crippen MR) is 48.3 cm³/mol. The quantitative estimate of drug-likeness (QED) is 0.635. The summed E-state index contributed by atoms with van der Waals surface area (Å²) in [7, 11) is 0. The van der Waals surface area contributed by atoms with Crippen molar-refractivity contribution in [2.75, 3.05) is 0 Å². The second kappa shape index (κ2) is 3.13. The summed E-state index contributed by atoms with van der Waals surface area (Å²) in [6.07, 6.45) is 1.15. The minimum atomic E-state index is -0.207. The Labute approximate surface area is 76.6 Å². The summed E-state index contributed by atoms with van der Waals surface area (Å²) in [5.41, 5.74) is 1.13. The van der Waals surface area contributed by atoms with Crippen LogP contribution in [0.3, 0.4) is 0 Å². The van der Waals surface area contributed by atoms with Gasteiger partial charge in [0.2, 0.25) is 5.78 Å². The highest BCUT2D eigenvalue weighted by Gasteiger charge is 2.37. The first-order chi connectivity index (χ1) is 6.27. The number of carbonyl (C=O) groups is 2. The van der Waals surface area contributed by atoms with Crippen molar-refractivity contribution in [1.29, 1.82) is 0 Å². The first kappa shape index (κ1) is 8.17. The van der Waals surface area contributed by atoms with Gasteiger partial charge < -0.3 is 0 Å². The molecule has 0 amide bonds. The van der Waals surface area contributed by atoms with Crippen LogP contribution in [0.1, 0.15) is 12.0 Å². The van der Waals surface area contributed by atoms with Gasteiger partial charge in [0.15, 0.2) is 5.78 Å². The Morgan fingerprint density at radius 3 is 2.38 bits per heavy atom. The Morgan fingerprint density at radius 2 is 1.85 bits per heavy atom. The van der Waals surface area contributed by atoms with Gasteiger partial charge in [-0.05, 0) is 12.0 Å². The average Bonchev–Trinajstić information content (AvgIpc) is 2.19. The van der Waals surface area contributed by atoms with E-state index in [1.807, 2.05) is 30.3 Å². The molecule has 1 unspecified atom stereocenters. The summed E-state index contributed by atoms with van der Waals surface area (Å²) < 4.78 is 0. The maximum absolute atomic E-state index is 11.0. The third kappa shape index (κ3) is 1.52. The number of ketones is 2. The molecule has 2 heteroatoms. The van der Waals surface area contributed by atoms with Crippen LogP contribution in [0.2, 0.25) is 0 Å². The molecule has 1 aromatic carbocycles. The third-order valence-corrected chi connectivity index (χ3v) is 2.40. The molecule has 0 spiro atoms. The van der Waals surface area contributed by atoms with Crippen molar-refractivity contribution in [1.82, 2.24) is 0 Å². The fraction of sp³-hybridized carbons (Fsp3) is 0.273. The molecule has 0 heterocycles.